The normalized spacial score (nSPS) is 20.6. The summed E-state index contributed by atoms with van der Waals surface area (Å²) < 4.78 is 5.55. The number of amides is 3. The van der Waals surface area contributed by atoms with Gasteiger partial charge in [-0.2, -0.15) is 0 Å². The topological polar surface area (TPSA) is 70.2 Å². The molecule has 3 amide bonds. The number of hydrogen-bond acceptors (Lipinski definition) is 4. The van der Waals surface area contributed by atoms with Crippen molar-refractivity contribution >= 4 is 17.7 Å². The lowest BCUT2D eigenvalue weighted by Gasteiger charge is -2.40. The molecule has 2 aliphatic heterocycles. The lowest BCUT2D eigenvalue weighted by molar-refractivity contribution is -0.147. The summed E-state index contributed by atoms with van der Waals surface area (Å²) in [5.41, 5.74) is 0. The Bertz CT molecular complexity index is 749. The van der Waals surface area contributed by atoms with E-state index in [0.29, 0.717) is 57.9 Å². The number of rotatable bonds is 5. The van der Waals surface area contributed by atoms with Crippen LogP contribution in [0.25, 0.3) is 0 Å². The first-order chi connectivity index (χ1) is 14.6. The van der Waals surface area contributed by atoms with E-state index in [1.165, 1.54) is 0 Å². The summed E-state index contributed by atoms with van der Waals surface area (Å²) in [5.74, 6) is 1.30. The molecule has 0 aromatic heterocycles. The number of para-hydroxylation sites is 1. The van der Waals surface area contributed by atoms with Crippen molar-refractivity contribution in [3.63, 3.8) is 0 Å². The van der Waals surface area contributed by atoms with Crippen LogP contribution >= 0.6 is 0 Å². The van der Waals surface area contributed by atoms with Crippen molar-refractivity contribution in [1.29, 1.82) is 0 Å². The van der Waals surface area contributed by atoms with E-state index in [1.807, 2.05) is 40.1 Å². The van der Waals surface area contributed by atoms with Crippen LogP contribution < -0.4 is 4.74 Å². The molecule has 0 unspecified atom stereocenters. The van der Waals surface area contributed by atoms with Crippen LogP contribution in [0.5, 0.6) is 5.75 Å². The van der Waals surface area contributed by atoms with Gasteiger partial charge in [0.05, 0.1) is 0 Å². The molecule has 30 heavy (non-hydrogen) atoms. The van der Waals surface area contributed by atoms with Crippen molar-refractivity contribution in [2.75, 3.05) is 45.9 Å². The molecular weight excluding hydrogens is 382 g/mol. The fourth-order valence-electron chi connectivity index (χ4n) is 4.45. The molecule has 2 heterocycles. The molecule has 1 saturated carbocycles. The number of likely N-dealkylation sites (tertiary alicyclic amines) is 1. The molecule has 162 valence electrons. The molecular formula is C23H31N3O4. The molecule has 2 saturated heterocycles. The van der Waals surface area contributed by atoms with Crippen LogP contribution in [-0.4, -0.2) is 78.3 Å². The highest BCUT2D eigenvalue weighted by Gasteiger charge is 2.34. The van der Waals surface area contributed by atoms with E-state index >= 15 is 0 Å². The highest BCUT2D eigenvalue weighted by atomic mass is 16.5. The van der Waals surface area contributed by atoms with Crippen LogP contribution in [0.4, 0.5) is 0 Å². The number of piperidine rings is 1. The SMILES string of the molecule is O=C(COc1ccccc1)N1CCC(C(=O)N2CCN(C(=O)C3CCC3)CC2)CC1. The molecule has 1 aliphatic carbocycles. The first-order valence-corrected chi connectivity index (χ1v) is 11.1. The third-order valence-electron chi connectivity index (χ3n) is 6.66. The minimum absolute atomic E-state index is 0.0274. The van der Waals surface area contributed by atoms with Gasteiger partial charge < -0.3 is 19.4 Å². The highest BCUT2D eigenvalue weighted by molar-refractivity contribution is 5.82. The van der Waals surface area contributed by atoms with Crippen molar-refractivity contribution in [1.82, 2.24) is 14.7 Å². The number of nitrogens with zero attached hydrogens (tertiary/aromatic N) is 3. The molecule has 7 heteroatoms. The second-order valence-corrected chi connectivity index (χ2v) is 8.54. The van der Waals surface area contributed by atoms with Crippen molar-refractivity contribution in [3.8, 4) is 5.75 Å². The van der Waals surface area contributed by atoms with Crippen molar-refractivity contribution in [2.24, 2.45) is 11.8 Å². The summed E-state index contributed by atoms with van der Waals surface area (Å²) in [6.07, 6.45) is 4.58. The largest absolute Gasteiger partial charge is 0.484 e. The van der Waals surface area contributed by atoms with Gasteiger partial charge >= 0.3 is 0 Å². The average molecular weight is 414 g/mol. The molecule has 0 spiro atoms. The highest BCUT2D eigenvalue weighted by Crippen LogP contribution is 2.29. The van der Waals surface area contributed by atoms with Gasteiger partial charge in [0.2, 0.25) is 11.8 Å². The second-order valence-electron chi connectivity index (χ2n) is 8.54. The molecule has 0 atom stereocenters. The van der Waals surface area contributed by atoms with Crippen LogP contribution in [0, 0.1) is 11.8 Å². The average Bonchev–Trinajstić information content (AvgIpc) is 2.76. The zero-order chi connectivity index (χ0) is 20.9. The van der Waals surface area contributed by atoms with E-state index in [-0.39, 0.29) is 36.2 Å². The number of ether oxygens (including phenoxy) is 1. The molecule has 0 N–H and O–H groups in total. The second kappa shape index (κ2) is 9.49. The summed E-state index contributed by atoms with van der Waals surface area (Å²) in [4.78, 5) is 43.3. The summed E-state index contributed by atoms with van der Waals surface area (Å²) in [7, 11) is 0. The van der Waals surface area contributed by atoms with Gasteiger partial charge in [0.15, 0.2) is 6.61 Å². The number of carbonyl (C=O) groups excluding carboxylic acids is 3. The maximum absolute atomic E-state index is 12.9. The van der Waals surface area contributed by atoms with Crippen LogP contribution in [0.1, 0.15) is 32.1 Å². The summed E-state index contributed by atoms with van der Waals surface area (Å²) in [6.45, 7) is 3.76. The van der Waals surface area contributed by atoms with Gasteiger partial charge in [0, 0.05) is 51.1 Å². The lowest BCUT2D eigenvalue weighted by atomic mass is 9.84. The van der Waals surface area contributed by atoms with E-state index in [0.717, 1.165) is 19.3 Å². The fraction of sp³-hybridized carbons (Fsp3) is 0.609. The Balaban J connectivity index is 1.18. The fourth-order valence-corrected chi connectivity index (χ4v) is 4.45. The molecule has 3 fully saturated rings. The minimum atomic E-state index is -0.0344. The first-order valence-electron chi connectivity index (χ1n) is 11.1. The Hall–Kier alpha value is -2.57. The van der Waals surface area contributed by atoms with E-state index in [4.69, 9.17) is 4.74 Å². The van der Waals surface area contributed by atoms with E-state index in [1.54, 1.807) is 4.90 Å². The van der Waals surface area contributed by atoms with Gasteiger partial charge in [0.1, 0.15) is 5.75 Å². The van der Waals surface area contributed by atoms with Gasteiger partial charge in [0.25, 0.3) is 5.91 Å². The van der Waals surface area contributed by atoms with E-state index in [9.17, 15) is 14.4 Å². The van der Waals surface area contributed by atoms with Gasteiger partial charge in [-0.3, -0.25) is 14.4 Å². The van der Waals surface area contributed by atoms with Crippen LogP contribution in [0.3, 0.4) is 0 Å². The zero-order valence-corrected chi connectivity index (χ0v) is 17.5. The Morgan fingerprint density at radius 2 is 1.27 bits per heavy atom. The lowest BCUT2D eigenvalue weighted by Crippen LogP contribution is -2.54. The Labute approximate surface area is 177 Å². The summed E-state index contributed by atoms with van der Waals surface area (Å²) >= 11 is 0. The van der Waals surface area contributed by atoms with E-state index < -0.39 is 0 Å². The number of hydrogen-bond donors (Lipinski definition) is 0. The number of piperazine rings is 1. The maximum atomic E-state index is 12.9. The molecule has 1 aromatic carbocycles. The van der Waals surface area contributed by atoms with Crippen molar-refractivity contribution in [3.05, 3.63) is 30.3 Å². The molecule has 0 bridgehead atoms. The Morgan fingerprint density at radius 1 is 0.733 bits per heavy atom. The predicted octanol–water partition coefficient (Wildman–Crippen LogP) is 1.77. The predicted molar refractivity (Wildman–Crippen MR) is 112 cm³/mol. The number of benzene rings is 1. The monoisotopic (exact) mass is 413 g/mol. The van der Waals surface area contributed by atoms with Crippen LogP contribution in [-0.2, 0) is 14.4 Å². The van der Waals surface area contributed by atoms with Crippen molar-refractivity contribution in [2.45, 2.75) is 32.1 Å². The van der Waals surface area contributed by atoms with Gasteiger partial charge in [-0.1, -0.05) is 24.6 Å². The molecule has 4 rings (SSSR count). The standard InChI is InChI=1S/C23H31N3O4/c27-21(17-30-20-7-2-1-3-8-20)24-11-9-19(10-12-24)23(29)26-15-13-25(14-16-26)22(28)18-5-4-6-18/h1-3,7-8,18-19H,4-6,9-17H2. The quantitative estimate of drug-likeness (QED) is 0.738. The van der Waals surface area contributed by atoms with Crippen molar-refractivity contribution < 1.29 is 19.1 Å². The summed E-state index contributed by atoms with van der Waals surface area (Å²) in [5, 5.41) is 0. The minimum Gasteiger partial charge on any atom is -0.484 e. The Morgan fingerprint density at radius 3 is 1.77 bits per heavy atom. The Kier molecular flexibility index (Phi) is 6.55. The molecule has 0 radical (unpaired) electrons. The van der Waals surface area contributed by atoms with E-state index in [2.05, 4.69) is 0 Å². The maximum Gasteiger partial charge on any atom is 0.260 e. The zero-order valence-electron chi connectivity index (χ0n) is 17.5. The number of carbonyl (C=O) groups is 3. The third kappa shape index (κ3) is 4.77. The van der Waals surface area contributed by atoms with Crippen LogP contribution in [0.2, 0.25) is 0 Å². The van der Waals surface area contributed by atoms with Gasteiger partial charge in [-0.25, -0.2) is 0 Å². The smallest absolute Gasteiger partial charge is 0.260 e. The first kappa shape index (κ1) is 20.7. The molecule has 1 aromatic rings. The van der Waals surface area contributed by atoms with Gasteiger partial charge in [-0.15, -0.1) is 0 Å². The molecule has 3 aliphatic rings. The third-order valence-corrected chi connectivity index (χ3v) is 6.66. The van der Waals surface area contributed by atoms with Gasteiger partial charge in [-0.05, 0) is 37.8 Å². The summed E-state index contributed by atoms with van der Waals surface area (Å²) in [6, 6.07) is 9.32. The van der Waals surface area contributed by atoms with Crippen LogP contribution in [0.15, 0.2) is 30.3 Å². The molecule has 7 nitrogen and oxygen atoms in total.